The zero-order chi connectivity index (χ0) is 22.0. The molecule has 0 aliphatic rings. The molecule has 31 heavy (non-hydrogen) atoms. The standard InChI is InChI=1S/C25H21ClN2O2S/c1-15-8-10-19(12-16(15)2)27-22(29)14-31-24-23(17-6-4-3-5-7-17)20-13-18(26)9-11-21(20)28-25(24)30/h3-13H,14H2,1-2H3,(H,27,29)(H,28,30). The molecule has 0 atom stereocenters. The van der Waals surface area contributed by atoms with Gasteiger partial charge in [-0.1, -0.05) is 48.0 Å². The van der Waals surface area contributed by atoms with Gasteiger partial charge in [0.05, 0.1) is 10.6 Å². The van der Waals surface area contributed by atoms with Gasteiger partial charge in [-0.25, -0.2) is 0 Å². The molecule has 0 radical (unpaired) electrons. The Morgan fingerprint density at radius 3 is 2.52 bits per heavy atom. The van der Waals surface area contributed by atoms with Crippen molar-refractivity contribution in [1.82, 2.24) is 4.98 Å². The maximum atomic E-state index is 12.9. The van der Waals surface area contributed by atoms with Gasteiger partial charge in [-0.2, -0.15) is 0 Å². The maximum Gasteiger partial charge on any atom is 0.262 e. The number of H-pyrrole nitrogens is 1. The molecule has 0 aliphatic carbocycles. The third-order valence-electron chi connectivity index (χ3n) is 5.13. The lowest BCUT2D eigenvalue weighted by atomic mass is 10.0. The maximum absolute atomic E-state index is 12.9. The normalized spacial score (nSPS) is 10.9. The summed E-state index contributed by atoms with van der Waals surface area (Å²) in [5, 5.41) is 4.34. The minimum atomic E-state index is -0.224. The molecule has 1 amide bonds. The first-order valence-electron chi connectivity index (χ1n) is 9.83. The highest BCUT2D eigenvalue weighted by Crippen LogP contribution is 2.35. The number of fused-ring (bicyclic) bond motifs is 1. The average Bonchev–Trinajstić information content (AvgIpc) is 2.75. The van der Waals surface area contributed by atoms with Gasteiger partial charge in [0.15, 0.2) is 0 Å². The Kier molecular flexibility index (Phi) is 6.16. The zero-order valence-corrected chi connectivity index (χ0v) is 18.7. The highest BCUT2D eigenvalue weighted by atomic mass is 35.5. The molecule has 4 rings (SSSR count). The van der Waals surface area contributed by atoms with Crippen molar-refractivity contribution < 1.29 is 4.79 Å². The van der Waals surface area contributed by atoms with E-state index in [4.69, 9.17) is 11.6 Å². The fourth-order valence-electron chi connectivity index (χ4n) is 3.43. The molecule has 4 aromatic rings. The summed E-state index contributed by atoms with van der Waals surface area (Å²) in [5.74, 6) is -0.0556. The van der Waals surface area contributed by atoms with Gasteiger partial charge in [0, 0.05) is 27.2 Å². The summed E-state index contributed by atoms with van der Waals surface area (Å²) in [6, 6.07) is 20.9. The number of amides is 1. The van der Waals surface area contributed by atoms with E-state index in [0.717, 1.165) is 27.8 Å². The topological polar surface area (TPSA) is 62.0 Å². The Balaban J connectivity index is 1.68. The molecule has 0 aliphatic heterocycles. The second-order valence-corrected chi connectivity index (χ2v) is 8.77. The molecule has 0 saturated carbocycles. The number of nitrogens with one attached hydrogen (secondary N) is 2. The van der Waals surface area contributed by atoms with E-state index >= 15 is 0 Å². The number of carbonyl (C=O) groups excluding carboxylic acids is 1. The Labute approximate surface area is 189 Å². The van der Waals surface area contributed by atoms with Crippen LogP contribution in [-0.2, 0) is 4.79 Å². The molecule has 3 aromatic carbocycles. The summed E-state index contributed by atoms with van der Waals surface area (Å²) in [4.78, 5) is 28.9. The van der Waals surface area contributed by atoms with Crippen molar-refractivity contribution in [3.63, 3.8) is 0 Å². The summed E-state index contributed by atoms with van der Waals surface area (Å²) >= 11 is 7.47. The van der Waals surface area contributed by atoms with Gasteiger partial charge in [-0.15, -0.1) is 11.8 Å². The van der Waals surface area contributed by atoms with E-state index in [2.05, 4.69) is 10.3 Å². The number of rotatable bonds is 5. The number of pyridine rings is 1. The van der Waals surface area contributed by atoms with Crippen LogP contribution in [0.2, 0.25) is 5.02 Å². The molecule has 156 valence electrons. The molecule has 4 nitrogen and oxygen atoms in total. The lowest BCUT2D eigenvalue weighted by Gasteiger charge is -2.13. The Hall–Kier alpha value is -3.02. The van der Waals surface area contributed by atoms with E-state index in [1.165, 1.54) is 17.3 Å². The number of hydrogen-bond acceptors (Lipinski definition) is 3. The summed E-state index contributed by atoms with van der Waals surface area (Å²) in [6.45, 7) is 4.03. The van der Waals surface area contributed by atoms with Crippen molar-refractivity contribution in [2.75, 3.05) is 11.1 Å². The minimum absolute atomic E-state index is 0.113. The van der Waals surface area contributed by atoms with Gasteiger partial charge in [0.2, 0.25) is 5.91 Å². The molecule has 0 unspecified atom stereocenters. The van der Waals surface area contributed by atoms with Crippen molar-refractivity contribution in [2.24, 2.45) is 0 Å². The van der Waals surface area contributed by atoms with Gasteiger partial charge >= 0.3 is 0 Å². The van der Waals surface area contributed by atoms with Crippen LogP contribution in [0.15, 0.2) is 76.4 Å². The van der Waals surface area contributed by atoms with Crippen molar-refractivity contribution in [2.45, 2.75) is 18.7 Å². The monoisotopic (exact) mass is 448 g/mol. The van der Waals surface area contributed by atoms with Crippen LogP contribution >= 0.6 is 23.4 Å². The van der Waals surface area contributed by atoms with Crippen molar-refractivity contribution in [3.8, 4) is 11.1 Å². The van der Waals surface area contributed by atoms with Gasteiger partial charge in [-0.05, 0) is 60.9 Å². The van der Waals surface area contributed by atoms with E-state index in [9.17, 15) is 9.59 Å². The summed E-state index contributed by atoms with van der Waals surface area (Å²) in [6.07, 6.45) is 0. The average molecular weight is 449 g/mol. The Morgan fingerprint density at radius 1 is 1.00 bits per heavy atom. The zero-order valence-electron chi connectivity index (χ0n) is 17.2. The number of aromatic amines is 1. The number of anilines is 1. The molecule has 6 heteroatoms. The van der Waals surface area contributed by atoms with Crippen molar-refractivity contribution in [1.29, 1.82) is 0 Å². The molecular weight excluding hydrogens is 428 g/mol. The third-order valence-corrected chi connectivity index (χ3v) is 6.45. The van der Waals surface area contributed by atoms with Gasteiger partial charge in [0.25, 0.3) is 5.56 Å². The molecule has 1 heterocycles. The number of carbonyl (C=O) groups is 1. The number of halogens is 1. The molecule has 1 aromatic heterocycles. The number of benzene rings is 3. The molecule has 0 bridgehead atoms. The Bertz CT molecular complexity index is 1330. The molecule has 0 fully saturated rings. The lowest BCUT2D eigenvalue weighted by Crippen LogP contribution is -2.17. The highest BCUT2D eigenvalue weighted by molar-refractivity contribution is 8.00. The van der Waals surface area contributed by atoms with Crippen LogP contribution in [0.4, 0.5) is 5.69 Å². The first-order chi connectivity index (χ1) is 14.9. The van der Waals surface area contributed by atoms with E-state index in [1.54, 1.807) is 12.1 Å². The third kappa shape index (κ3) is 4.68. The predicted molar refractivity (Wildman–Crippen MR) is 130 cm³/mol. The summed E-state index contributed by atoms with van der Waals surface area (Å²) in [5.41, 5.74) is 5.19. The van der Waals surface area contributed by atoms with E-state index in [1.807, 2.05) is 68.4 Å². The largest absolute Gasteiger partial charge is 0.325 e. The number of aromatic nitrogens is 1. The van der Waals surface area contributed by atoms with Crippen LogP contribution in [0.25, 0.3) is 22.0 Å². The smallest absolute Gasteiger partial charge is 0.262 e. The molecule has 2 N–H and O–H groups in total. The number of aryl methyl sites for hydroxylation is 2. The van der Waals surface area contributed by atoms with E-state index < -0.39 is 0 Å². The van der Waals surface area contributed by atoms with E-state index in [-0.39, 0.29) is 17.2 Å². The van der Waals surface area contributed by atoms with Crippen LogP contribution < -0.4 is 10.9 Å². The number of hydrogen-bond donors (Lipinski definition) is 2. The fraction of sp³-hybridized carbons (Fsp3) is 0.120. The molecule has 0 saturated heterocycles. The number of thioether (sulfide) groups is 1. The fourth-order valence-corrected chi connectivity index (χ4v) is 4.50. The Morgan fingerprint density at radius 2 is 1.77 bits per heavy atom. The SMILES string of the molecule is Cc1ccc(NC(=O)CSc2c(-c3ccccc3)c3cc(Cl)ccc3[nH]c2=O)cc1C. The second kappa shape index (κ2) is 9.00. The van der Waals surface area contributed by atoms with Crippen LogP contribution in [0.1, 0.15) is 11.1 Å². The highest BCUT2D eigenvalue weighted by Gasteiger charge is 2.17. The molecule has 0 spiro atoms. The van der Waals surface area contributed by atoms with Crippen molar-refractivity contribution in [3.05, 3.63) is 93.2 Å². The second-order valence-electron chi connectivity index (χ2n) is 7.35. The van der Waals surface area contributed by atoms with E-state index in [0.29, 0.717) is 15.4 Å². The van der Waals surface area contributed by atoms with Crippen LogP contribution in [-0.4, -0.2) is 16.6 Å². The van der Waals surface area contributed by atoms with Crippen LogP contribution in [0.3, 0.4) is 0 Å². The van der Waals surface area contributed by atoms with Gasteiger partial charge in [-0.3, -0.25) is 9.59 Å². The first kappa shape index (κ1) is 21.2. The van der Waals surface area contributed by atoms with Crippen molar-refractivity contribution >= 4 is 45.9 Å². The quantitative estimate of drug-likeness (QED) is 0.357. The predicted octanol–water partition coefficient (Wildman–Crippen LogP) is 6.20. The summed E-state index contributed by atoms with van der Waals surface area (Å²) in [7, 11) is 0. The lowest BCUT2D eigenvalue weighted by molar-refractivity contribution is -0.113. The van der Waals surface area contributed by atoms with Gasteiger partial charge < -0.3 is 10.3 Å². The van der Waals surface area contributed by atoms with Crippen LogP contribution in [0, 0.1) is 13.8 Å². The van der Waals surface area contributed by atoms with Crippen LogP contribution in [0.5, 0.6) is 0 Å². The first-order valence-corrected chi connectivity index (χ1v) is 11.2. The minimum Gasteiger partial charge on any atom is -0.325 e. The van der Waals surface area contributed by atoms with Gasteiger partial charge in [0.1, 0.15) is 0 Å². The molecular formula is C25H21ClN2O2S. The summed E-state index contributed by atoms with van der Waals surface area (Å²) < 4.78 is 0.